The summed E-state index contributed by atoms with van der Waals surface area (Å²) in [6, 6.07) is 42.2. The second-order valence-corrected chi connectivity index (χ2v) is 14.7. The van der Waals surface area contributed by atoms with Crippen molar-refractivity contribution < 1.29 is 24.6 Å². The molecule has 8 aromatic carbocycles. The van der Waals surface area contributed by atoms with E-state index >= 15 is 0 Å². The summed E-state index contributed by atoms with van der Waals surface area (Å²) in [5.41, 5.74) is 7.86. The number of carbonyl (C=O) groups excluding carboxylic acids is 2. The molecule has 1 amide bonds. The van der Waals surface area contributed by atoms with Crippen LogP contribution in [-0.2, 0) is 11.4 Å². The highest BCUT2D eigenvalue weighted by molar-refractivity contribution is 6.31. The van der Waals surface area contributed by atoms with E-state index in [0.29, 0.717) is 71.2 Å². The van der Waals surface area contributed by atoms with Gasteiger partial charge < -0.3 is 15.5 Å². The maximum absolute atomic E-state index is 13.9. The second kappa shape index (κ2) is 16.1. The first kappa shape index (κ1) is 38.1. The van der Waals surface area contributed by atoms with Crippen molar-refractivity contribution in [1.29, 1.82) is 0 Å². The molecule has 4 N–H and O–H groups in total. The van der Waals surface area contributed by atoms with Crippen LogP contribution in [0.5, 0.6) is 11.5 Å². The number of hydrogen-bond donors (Lipinski definition) is 4. The molecular formula is C47H30Cl2N6O5. The first-order chi connectivity index (χ1) is 29.2. The van der Waals surface area contributed by atoms with Gasteiger partial charge >= 0.3 is 0 Å². The number of benzene rings is 8. The fourth-order valence-electron chi connectivity index (χ4n) is 7.09. The third kappa shape index (κ3) is 7.51. The number of anilines is 2. The number of phenolic OH excluding ortho intramolecular Hbond substituents is 2. The normalized spacial score (nSPS) is 12.1. The highest BCUT2D eigenvalue weighted by Gasteiger charge is 2.28. The van der Waals surface area contributed by atoms with Gasteiger partial charge in [-0.15, -0.1) is 10.2 Å². The molecule has 11 nitrogen and oxygen atoms in total. The Morgan fingerprint density at radius 1 is 0.567 bits per heavy atom. The van der Waals surface area contributed by atoms with Crippen LogP contribution in [0, 0.1) is 0 Å². The number of fused-ring (bicyclic) bond motifs is 5. The number of ketones is 1. The van der Waals surface area contributed by atoms with E-state index in [2.05, 4.69) is 31.3 Å². The van der Waals surface area contributed by atoms with Gasteiger partial charge in [0.15, 0.2) is 11.5 Å². The molecule has 8 aromatic rings. The lowest BCUT2D eigenvalue weighted by Gasteiger charge is -2.12. The number of aromatic hydroxyl groups is 2. The van der Waals surface area contributed by atoms with Gasteiger partial charge in [-0.25, -0.2) is 0 Å². The smallest absolute Gasteiger partial charge is 0.259 e. The number of amides is 1. The van der Waals surface area contributed by atoms with E-state index in [-0.39, 0.29) is 40.8 Å². The second-order valence-electron chi connectivity index (χ2n) is 13.9. The van der Waals surface area contributed by atoms with Crippen molar-refractivity contribution in [2.75, 3.05) is 10.8 Å². The molecule has 9 rings (SSSR count). The van der Waals surface area contributed by atoms with Crippen molar-refractivity contribution in [3.05, 3.63) is 178 Å². The standard InChI is InChI=1S/C47H30Cl2N6O5/c48-29-9-5-11-31(21-29)50-47(59)41-20-27-8-2-4-14-36(27)43(46(41)58)54-52-33-16-18-38-37-17-15-32(23-39(37)45(57)40(38)24-33)51-53-42-35-13-3-1-7-26(35)19-28(44(42)56)25-60-55-34-12-6-10-30(49)22-34/h1-24,55-56,58H,25H2,(H,50,59). The highest BCUT2D eigenvalue weighted by Crippen LogP contribution is 2.44. The van der Waals surface area contributed by atoms with Gasteiger partial charge in [-0.1, -0.05) is 96.0 Å². The summed E-state index contributed by atoms with van der Waals surface area (Å²) in [5.74, 6) is -1.23. The van der Waals surface area contributed by atoms with Crippen LogP contribution in [0.3, 0.4) is 0 Å². The number of carbonyl (C=O) groups is 2. The Morgan fingerprint density at radius 3 is 1.73 bits per heavy atom. The van der Waals surface area contributed by atoms with Crippen molar-refractivity contribution in [2.45, 2.75) is 6.61 Å². The molecule has 0 unspecified atom stereocenters. The van der Waals surface area contributed by atoms with E-state index < -0.39 is 5.91 Å². The van der Waals surface area contributed by atoms with Crippen LogP contribution in [0.4, 0.5) is 34.1 Å². The molecule has 0 spiro atoms. The minimum Gasteiger partial charge on any atom is -0.505 e. The van der Waals surface area contributed by atoms with Crippen LogP contribution >= 0.6 is 23.2 Å². The predicted octanol–water partition coefficient (Wildman–Crippen LogP) is 13.5. The molecule has 0 radical (unpaired) electrons. The molecule has 0 bridgehead atoms. The molecule has 292 valence electrons. The van der Waals surface area contributed by atoms with E-state index in [0.717, 1.165) is 10.9 Å². The first-order valence-electron chi connectivity index (χ1n) is 18.6. The minimum atomic E-state index is -0.552. The number of rotatable bonds is 10. The fraction of sp³-hybridized carbons (Fsp3) is 0.0213. The Hall–Kier alpha value is -7.44. The Bertz CT molecular complexity index is 3120. The van der Waals surface area contributed by atoms with E-state index in [1.165, 1.54) is 0 Å². The lowest BCUT2D eigenvalue weighted by Crippen LogP contribution is -2.12. The third-order valence-electron chi connectivity index (χ3n) is 9.96. The maximum Gasteiger partial charge on any atom is 0.259 e. The summed E-state index contributed by atoms with van der Waals surface area (Å²) >= 11 is 12.2. The molecule has 0 aliphatic heterocycles. The van der Waals surface area contributed by atoms with E-state index in [1.807, 2.05) is 48.5 Å². The van der Waals surface area contributed by atoms with Gasteiger partial charge in [-0.2, -0.15) is 10.2 Å². The lowest BCUT2D eigenvalue weighted by molar-refractivity contribution is 0.102. The Kier molecular flexibility index (Phi) is 10.2. The van der Waals surface area contributed by atoms with Gasteiger partial charge in [-0.05, 0) is 94.7 Å². The molecule has 1 aliphatic rings. The lowest BCUT2D eigenvalue weighted by atomic mass is 10.0. The molecule has 0 fully saturated rings. The summed E-state index contributed by atoms with van der Waals surface area (Å²) in [4.78, 5) is 32.9. The summed E-state index contributed by atoms with van der Waals surface area (Å²) in [7, 11) is 0. The fourth-order valence-corrected chi connectivity index (χ4v) is 7.47. The number of hydrogen-bond acceptors (Lipinski definition) is 10. The van der Waals surface area contributed by atoms with Gasteiger partial charge in [0.1, 0.15) is 23.7 Å². The number of nitrogens with zero attached hydrogens (tertiary/aromatic N) is 4. The number of nitrogens with one attached hydrogen (secondary N) is 2. The monoisotopic (exact) mass is 828 g/mol. The average Bonchev–Trinajstić information content (AvgIpc) is 3.52. The average molecular weight is 830 g/mol. The van der Waals surface area contributed by atoms with E-state index in [1.54, 1.807) is 97.1 Å². The van der Waals surface area contributed by atoms with Crippen molar-refractivity contribution in [3.63, 3.8) is 0 Å². The molecular weight excluding hydrogens is 799 g/mol. The molecule has 60 heavy (non-hydrogen) atoms. The summed E-state index contributed by atoms with van der Waals surface area (Å²) in [5, 5.41) is 47.0. The zero-order chi connectivity index (χ0) is 41.3. The van der Waals surface area contributed by atoms with Crippen molar-refractivity contribution >= 4 is 90.6 Å². The van der Waals surface area contributed by atoms with E-state index in [4.69, 9.17) is 28.0 Å². The first-order valence-corrected chi connectivity index (χ1v) is 19.3. The van der Waals surface area contributed by atoms with Gasteiger partial charge in [0, 0.05) is 43.2 Å². The zero-order valence-corrected chi connectivity index (χ0v) is 32.7. The Balaban J connectivity index is 0.968. The molecule has 13 heteroatoms. The molecule has 0 saturated heterocycles. The van der Waals surface area contributed by atoms with Crippen LogP contribution in [0.1, 0.15) is 31.8 Å². The van der Waals surface area contributed by atoms with Crippen molar-refractivity contribution in [2.24, 2.45) is 20.5 Å². The topological polar surface area (TPSA) is 157 Å². The number of azo groups is 2. The Morgan fingerprint density at radius 2 is 1.12 bits per heavy atom. The third-order valence-corrected chi connectivity index (χ3v) is 10.4. The number of halogens is 2. The van der Waals surface area contributed by atoms with Crippen LogP contribution in [0.2, 0.25) is 10.0 Å². The largest absolute Gasteiger partial charge is 0.505 e. The van der Waals surface area contributed by atoms with Gasteiger partial charge in [0.05, 0.1) is 22.6 Å². The van der Waals surface area contributed by atoms with Crippen LogP contribution in [0.25, 0.3) is 32.7 Å². The minimum absolute atomic E-state index is 0.00233. The van der Waals surface area contributed by atoms with Gasteiger partial charge in [0.2, 0.25) is 0 Å². The van der Waals surface area contributed by atoms with Gasteiger partial charge in [0.25, 0.3) is 5.91 Å². The van der Waals surface area contributed by atoms with Crippen LogP contribution in [-0.4, -0.2) is 21.9 Å². The van der Waals surface area contributed by atoms with Crippen molar-refractivity contribution in [1.82, 2.24) is 0 Å². The zero-order valence-electron chi connectivity index (χ0n) is 31.2. The van der Waals surface area contributed by atoms with Gasteiger partial charge in [-0.3, -0.25) is 19.9 Å². The molecule has 0 saturated carbocycles. The number of phenols is 2. The predicted molar refractivity (Wildman–Crippen MR) is 234 cm³/mol. The van der Waals surface area contributed by atoms with E-state index in [9.17, 15) is 19.8 Å². The molecule has 0 atom stereocenters. The highest BCUT2D eigenvalue weighted by atomic mass is 35.5. The molecule has 0 heterocycles. The van der Waals surface area contributed by atoms with Crippen LogP contribution in [0.15, 0.2) is 166 Å². The quantitative estimate of drug-likeness (QED) is 0.0794. The molecule has 1 aliphatic carbocycles. The summed E-state index contributed by atoms with van der Waals surface area (Å²) in [6.07, 6.45) is 0. The Labute approximate surface area is 352 Å². The van der Waals surface area contributed by atoms with Crippen molar-refractivity contribution in [3.8, 4) is 22.6 Å². The molecule has 0 aromatic heterocycles. The SMILES string of the molecule is O=C1c2cc(N=Nc3c(O)c(CONc4cccc(Cl)c4)cc4ccccc34)ccc2-c2ccc(N=Nc3c(O)c(C(=O)Nc4cccc(Cl)c4)cc4ccccc34)cc21. The van der Waals surface area contributed by atoms with Crippen LogP contribution < -0.4 is 10.8 Å². The maximum atomic E-state index is 13.9. The summed E-state index contributed by atoms with van der Waals surface area (Å²) in [6.45, 7) is 0.0188. The summed E-state index contributed by atoms with van der Waals surface area (Å²) < 4.78 is 0.